The fraction of sp³-hybridized carbons (Fsp3) is 0.238. The summed E-state index contributed by atoms with van der Waals surface area (Å²) in [5, 5.41) is 20.7. The zero-order chi connectivity index (χ0) is 20.1. The molecule has 8 heteroatoms. The molecule has 146 valence electrons. The third-order valence-electron chi connectivity index (χ3n) is 4.70. The number of hydrogen-bond donors (Lipinski definition) is 2. The van der Waals surface area contributed by atoms with Crippen LogP contribution in [0.5, 0.6) is 0 Å². The Morgan fingerprint density at radius 2 is 2.10 bits per heavy atom. The minimum atomic E-state index is 0.491. The van der Waals surface area contributed by atoms with Crippen molar-refractivity contribution in [1.29, 1.82) is 5.26 Å². The molecule has 0 atom stereocenters. The number of aromatic nitrogens is 4. The molecule has 1 aliphatic rings. The average molecular weight is 386 g/mol. The van der Waals surface area contributed by atoms with Crippen molar-refractivity contribution in [1.82, 2.24) is 19.7 Å². The number of rotatable bonds is 7. The summed E-state index contributed by atoms with van der Waals surface area (Å²) >= 11 is 0. The van der Waals surface area contributed by atoms with E-state index in [1.807, 2.05) is 41.2 Å². The summed E-state index contributed by atoms with van der Waals surface area (Å²) in [4.78, 5) is 10.9. The molecule has 0 fully saturated rings. The first-order chi connectivity index (χ1) is 14.3. The molecule has 1 aromatic carbocycles. The summed E-state index contributed by atoms with van der Waals surface area (Å²) in [6.07, 6.45) is 6.27. The molecule has 29 heavy (non-hydrogen) atoms. The molecule has 0 saturated carbocycles. The van der Waals surface area contributed by atoms with Gasteiger partial charge < -0.3 is 15.5 Å². The van der Waals surface area contributed by atoms with Gasteiger partial charge in [-0.3, -0.25) is 4.68 Å². The molecule has 0 spiro atoms. The fourth-order valence-corrected chi connectivity index (χ4v) is 3.34. The second-order valence-corrected chi connectivity index (χ2v) is 6.54. The predicted molar refractivity (Wildman–Crippen MR) is 113 cm³/mol. The Morgan fingerprint density at radius 3 is 2.90 bits per heavy atom. The lowest BCUT2D eigenvalue weighted by atomic mass is 10.2. The van der Waals surface area contributed by atoms with Gasteiger partial charge in [-0.1, -0.05) is 12.1 Å². The lowest BCUT2D eigenvalue weighted by Gasteiger charge is -2.19. The fourth-order valence-electron chi connectivity index (χ4n) is 3.34. The van der Waals surface area contributed by atoms with Crippen LogP contribution in [0.2, 0.25) is 0 Å². The molecule has 0 aliphatic carbocycles. The van der Waals surface area contributed by atoms with Gasteiger partial charge in [-0.05, 0) is 37.6 Å². The van der Waals surface area contributed by atoms with E-state index in [-0.39, 0.29) is 0 Å². The zero-order valence-electron chi connectivity index (χ0n) is 16.2. The number of fused-ring (bicyclic) bond motifs is 1. The second-order valence-electron chi connectivity index (χ2n) is 6.54. The maximum Gasteiger partial charge on any atom is 0.223 e. The first-order valence-corrected chi connectivity index (χ1v) is 9.63. The Balaban J connectivity index is 1.52. The maximum atomic E-state index is 9.88. The van der Waals surface area contributed by atoms with E-state index in [0.29, 0.717) is 23.8 Å². The molecule has 0 unspecified atom stereocenters. The van der Waals surface area contributed by atoms with E-state index in [2.05, 4.69) is 43.6 Å². The van der Waals surface area contributed by atoms with Gasteiger partial charge in [0, 0.05) is 38.2 Å². The van der Waals surface area contributed by atoms with Gasteiger partial charge in [0.25, 0.3) is 0 Å². The van der Waals surface area contributed by atoms with Crippen LogP contribution in [0.3, 0.4) is 0 Å². The van der Waals surface area contributed by atoms with Crippen molar-refractivity contribution in [2.45, 2.75) is 19.9 Å². The minimum absolute atomic E-state index is 0.491. The number of nitrogens with zero attached hydrogens (tertiary/aromatic N) is 6. The number of anilines is 3. The van der Waals surface area contributed by atoms with Crippen LogP contribution in [-0.4, -0.2) is 32.8 Å². The molecule has 0 saturated heterocycles. The first kappa shape index (κ1) is 18.5. The normalized spacial score (nSPS) is 14.1. The van der Waals surface area contributed by atoms with Crippen molar-refractivity contribution >= 4 is 22.9 Å². The van der Waals surface area contributed by atoms with Gasteiger partial charge in [0.05, 0.1) is 17.1 Å². The summed E-state index contributed by atoms with van der Waals surface area (Å²) in [6.45, 7) is 4.34. The maximum absolute atomic E-state index is 9.88. The summed E-state index contributed by atoms with van der Waals surface area (Å²) in [6, 6.07) is 14.0. The van der Waals surface area contributed by atoms with Crippen molar-refractivity contribution < 1.29 is 0 Å². The monoisotopic (exact) mass is 386 g/mol. The van der Waals surface area contributed by atoms with Crippen LogP contribution < -0.4 is 15.5 Å². The van der Waals surface area contributed by atoms with Gasteiger partial charge in [0.2, 0.25) is 5.95 Å². The second kappa shape index (κ2) is 8.44. The van der Waals surface area contributed by atoms with Crippen molar-refractivity contribution in [2.75, 3.05) is 28.6 Å². The topological polar surface area (TPSA) is 94.7 Å². The zero-order valence-corrected chi connectivity index (χ0v) is 16.2. The molecule has 3 heterocycles. The van der Waals surface area contributed by atoms with Crippen LogP contribution in [0.25, 0.3) is 5.57 Å². The minimum Gasteiger partial charge on any atom is -0.354 e. The van der Waals surface area contributed by atoms with Gasteiger partial charge in [0.1, 0.15) is 17.5 Å². The van der Waals surface area contributed by atoms with Gasteiger partial charge in [-0.15, -0.1) is 0 Å². The standard InChI is InChI=1S/C21H22N8/c1-2-29-19-8-4-3-7-18(19)26-20(29)16(15-22)17-9-12-24-21(27-17)23-10-5-13-28-14-6-11-25-28/h3-4,6-9,11-12,14,26H,2,5,10,13H2,1H3,(H,23,24,27)/b20-16+. The Bertz CT molecular complexity index is 1050. The van der Waals surface area contributed by atoms with Crippen LogP contribution >= 0.6 is 0 Å². The van der Waals surface area contributed by atoms with E-state index in [9.17, 15) is 5.26 Å². The largest absolute Gasteiger partial charge is 0.354 e. The molecule has 0 radical (unpaired) electrons. The highest BCUT2D eigenvalue weighted by atomic mass is 15.3. The van der Waals surface area contributed by atoms with E-state index >= 15 is 0 Å². The van der Waals surface area contributed by atoms with Gasteiger partial charge in [0.15, 0.2) is 0 Å². The lowest BCUT2D eigenvalue weighted by molar-refractivity contribution is 0.591. The first-order valence-electron chi connectivity index (χ1n) is 9.63. The summed E-state index contributed by atoms with van der Waals surface area (Å²) in [5.41, 5.74) is 3.13. The van der Waals surface area contributed by atoms with Crippen LogP contribution in [0.4, 0.5) is 17.3 Å². The van der Waals surface area contributed by atoms with E-state index in [0.717, 1.165) is 36.7 Å². The number of hydrogen-bond acceptors (Lipinski definition) is 7. The molecule has 2 aromatic heterocycles. The Morgan fingerprint density at radius 1 is 1.21 bits per heavy atom. The highest BCUT2D eigenvalue weighted by Crippen LogP contribution is 2.38. The highest BCUT2D eigenvalue weighted by molar-refractivity contribution is 5.90. The predicted octanol–water partition coefficient (Wildman–Crippen LogP) is 3.32. The SMILES string of the molecule is CCN1/C(=C(\C#N)c2ccnc(NCCCn3cccn3)n2)Nc2ccccc21. The number of benzene rings is 1. The molecule has 1 aliphatic heterocycles. The van der Waals surface area contributed by atoms with Crippen LogP contribution in [0.15, 0.2) is 60.8 Å². The summed E-state index contributed by atoms with van der Waals surface area (Å²) in [5.74, 6) is 1.26. The van der Waals surface area contributed by atoms with Crippen molar-refractivity contribution in [3.63, 3.8) is 0 Å². The molecular weight excluding hydrogens is 364 g/mol. The van der Waals surface area contributed by atoms with Crippen LogP contribution in [0, 0.1) is 11.3 Å². The quantitative estimate of drug-likeness (QED) is 0.475. The highest BCUT2D eigenvalue weighted by Gasteiger charge is 2.26. The van der Waals surface area contributed by atoms with E-state index in [4.69, 9.17) is 0 Å². The molecule has 0 amide bonds. The third-order valence-corrected chi connectivity index (χ3v) is 4.70. The average Bonchev–Trinajstić information content (AvgIpc) is 3.40. The van der Waals surface area contributed by atoms with Crippen LogP contribution in [-0.2, 0) is 6.54 Å². The van der Waals surface area contributed by atoms with Gasteiger partial charge >= 0.3 is 0 Å². The van der Waals surface area contributed by atoms with Crippen molar-refractivity contribution in [2.24, 2.45) is 0 Å². The number of para-hydroxylation sites is 2. The number of aryl methyl sites for hydroxylation is 1. The lowest BCUT2D eigenvalue weighted by Crippen LogP contribution is -2.21. The molecule has 8 nitrogen and oxygen atoms in total. The molecule has 2 N–H and O–H groups in total. The Kier molecular flexibility index (Phi) is 5.38. The molecule has 4 rings (SSSR count). The smallest absolute Gasteiger partial charge is 0.223 e. The molecular formula is C21H22N8. The summed E-state index contributed by atoms with van der Waals surface area (Å²) in [7, 11) is 0. The van der Waals surface area contributed by atoms with E-state index in [1.54, 1.807) is 18.5 Å². The van der Waals surface area contributed by atoms with Crippen molar-refractivity contribution in [3.05, 3.63) is 66.5 Å². The third kappa shape index (κ3) is 3.89. The van der Waals surface area contributed by atoms with Gasteiger partial charge in [-0.2, -0.15) is 10.4 Å². The number of nitriles is 1. The number of allylic oxidation sites excluding steroid dienone is 1. The van der Waals surface area contributed by atoms with Gasteiger partial charge in [-0.25, -0.2) is 9.97 Å². The Labute approximate surface area is 169 Å². The van der Waals surface area contributed by atoms with Crippen molar-refractivity contribution in [3.8, 4) is 6.07 Å². The molecule has 0 bridgehead atoms. The molecule has 3 aromatic rings. The van der Waals surface area contributed by atoms with E-state index < -0.39 is 0 Å². The Hall–Kier alpha value is -3.86. The number of nitrogens with one attached hydrogen (secondary N) is 2. The van der Waals surface area contributed by atoms with E-state index in [1.165, 1.54) is 0 Å². The van der Waals surface area contributed by atoms with Crippen LogP contribution in [0.1, 0.15) is 19.0 Å². The summed E-state index contributed by atoms with van der Waals surface area (Å²) < 4.78 is 1.89.